The second-order valence-electron chi connectivity index (χ2n) is 1.75. The summed E-state index contributed by atoms with van der Waals surface area (Å²) in [5, 5.41) is 33.0. The van der Waals surface area contributed by atoms with E-state index in [0.717, 1.165) is 0 Å². The highest BCUT2D eigenvalue weighted by Gasteiger charge is 2.00. The summed E-state index contributed by atoms with van der Waals surface area (Å²) in [4.78, 5) is 8.36. The Labute approximate surface area is 68.1 Å². The molecule has 0 aromatic heterocycles. The first-order valence-corrected chi connectivity index (χ1v) is 2.91. The molecule has 0 amide bonds. The van der Waals surface area contributed by atoms with Crippen molar-refractivity contribution in [2.75, 3.05) is 0 Å². The van der Waals surface area contributed by atoms with Crippen molar-refractivity contribution < 1.29 is 25.2 Å². The first kappa shape index (κ1) is 10.1. The van der Waals surface area contributed by atoms with Crippen molar-refractivity contribution >= 4 is 6.47 Å². The molecule has 1 aromatic rings. The monoisotopic (exact) mass is 172 g/mol. The predicted molar refractivity (Wildman–Crippen MR) is 40.1 cm³/mol. The van der Waals surface area contributed by atoms with Gasteiger partial charge in [0.25, 0.3) is 6.47 Å². The minimum atomic E-state index is -0.475. The molecule has 4 N–H and O–H groups in total. The zero-order chi connectivity index (χ0) is 9.56. The molecule has 0 aliphatic rings. The Morgan fingerprint density at radius 2 is 1.42 bits per heavy atom. The van der Waals surface area contributed by atoms with Crippen molar-refractivity contribution in [3.63, 3.8) is 0 Å². The Morgan fingerprint density at radius 3 is 1.67 bits per heavy atom. The number of hydrogen-bond donors (Lipinski definition) is 4. The fraction of sp³-hybridized carbons (Fsp3) is 0. The fourth-order valence-corrected chi connectivity index (χ4v) is 0.519. The second kappa shape index (κ2) is 4.84. The van der Waals surface area contributed by atoms with Crippen LogP contribution >= 0.6 is 0 Å². The molecule has 0 aliphatic carbocycles. The average Bonchev–Trinajstić information content (AvgIpc) is 2.02. The Morgan fingerprint density at radius 1 is 1.08 bits per heavy atom. The Balaban J connectivity index is 0.000000354. The van der Waals surface area contributed by atoms with E-state index in [2.05, 4.69) is 0 Å². The maximum Gasteiger partial charge on any atom is 0.290 e. The predicted octanol–water partition coefficient (Wildman–Crippen LogP) is 0.504. The highest BCUT2D eigenvalue weighted by atomic mass is 16.3. The van der Waals surface area contributed by atoms with Gasteiger partial charge in [-0.05, 0) is 12.1 Å². The van der Waals surface area contributed by atoms with Crippen LogP contribution in [-0.2, 0) is 4.79 Å². The fourth-order valence-electron chi connectivity index (χ4n) is 0.519. The molecule has 1 rings (SSSR count). The molecule has 0 spiro atoms. The van der Waals surface area contributed by atoms with Gasteiger partial charge < -0.3 is 20.4 Å². The number of hydrogen-bond acceptors (Lipinski definition) is 4. The Hall–Kier alpha value is -1.91. The summed E-state index contributed by atoms with van der Waals surface area (Å²) in [6, 6.07) is 4.01. The highest BCUT2D eigenvalue weighted by molar-refractivity contribution is 5.47. The van der Waals surface area contributed by atoms with Gasteiger partial charge in [-0.2, -0.15) is 0 Å². The van der Waals surface area contributed by atoms with Crippen LogP contribution in [-0.4, -0.2) is 26.9 Å². The van der Waals surface area contributed by atoms with Gasteiger partial charge in [0.05, 0.1) is 0 Å². The summed E-state index contributed by atoms with van der Waals surface area (Å²) in [5.41, 5.74) is 0. The zero-order valence-electron chi connectivity index (χ0n) is 6.01. The van der Waals surface area contributed by atoms with E-state index < -0.39 is 5.75 Å². The number of para-hydroxylation sites is 1. The smallest absolute Gasteiger partial charge is 0.290 e. The minimum Gasteiger partial charge on any atom is -0.504 e. The molecule has 1 aromatic carbocycles. The summed E-state index contributed by atoms with van der Waals surface area (Å²) >= 11 is 0. The molecule has 5 nitrogen and oxygen atoms in total. The SMILES string of the molecule is O=CO.Oc1cccc(O)c1O. The maximum atomic E-state index is 8.71. The molecule has 12 heavy (non-hydrogen) atoms. The van der Waals surface area contributed by atoms with E-state index in [1.165, 1.54) is 18.2 Å². The molecule has 66 valence electrons. The quantitative estimate of drug-likeness (QED) is 0.337. The number of carboxylic acid groups (broad SMARTS) is 1. The first-order valence-electron chi connectivity index (χ1n) is 2.91. The molecule has 0 saturated heterocycles. The standard InChI is InChI=1S/C6H6O3.CH2O2/c7-4-2-1-3-5(8)6(4)9;2-1-3/h1-3,7-9H;1H,(H,2,3). The van der Waals surface area contributed by atoms with Crippen molar-refractivity contribution in [1.29, 1.82) is 0 Å². The van der Waals surface area contributed by atoms with Gasteiger partial charge in [0.15, 0.2) is 17.2 Å². The third kappa shape index (κ3) is 2.78. The Kier molecular flexibility index (Phi) is 4.07. The summed E-state index contributed by atoms with van der Waals surface area (Å²) in [6.07, 6.45) is 0. The van der Waals surface area contributed by atoms with Gasteiger partial charge >= 0.3 is 0 Å². The Bertz CT molecular complexity index is 238. The number of phenolic OH excluding ortho intramolecular Hbond substituents is 3. The number of phenols is 3. The number of carbonyl (C=O) groups is 1. The van der Waals surface area contributed by atoms with Crippen molar-refractivity contribution in [2.24, 2.45) is 0 Å². The van der Waals surface area contributed by atoms with E-state index in [0.29, 0.717) is 0 Å². The van der Waals surface area contributed by atoms with Crippen LogP contribution in [0.5, 0.6) is 17.2 Å². The minimum absolute atomic E-state index is 0.250. The van der Waals surface area contributed by atoms with E-state index in [-0.39, 0.29) is 18.0 Å². The first-order chi connectivity index (χ1) is 5.63. The average molecular weight is 172 g/mol. The van der Waals surface area contributed by atoms with Gasteiger partial charge in [-0.1, -0.05) is 6.07 Å². The third-order valence-electron chi connectivity index (χ3n) is 0.993. The van der Waals surface area contributed by atoms with Gasteiger partial charge in [0.1, 0.15) is 0 Å². The molecule has 0 saturated carbocycles. The second-order valence-corrected chi connectivity index (χ2v) is 1.75. The van der Waals surface area contributed by atoms with Gasteiger partial charge in [0, 0.05) is 0 Å². The van der Waals surface area contributed by atoms with Crippen LogP contribution in [0.3, 0.4) is 0 Å². The largest absolute Gasteiger partial charge is 0.504 e. The summed E-state index contributed by atoms with van der Waals surface area (Å²) in [7, 11) is 0. The maximum absolute atomic E-state index is 8.71. The van der Waals surface area contributed by atoms with Crippen LogP contribution in [0.15, 0.2) is 18.2 Å². The highest BCUT2D eigenvalue weighted by Crippen LogP contribution is 2.32. The van der Waals surface area contributed by atoms with Crippen molar-refractivity contribution in [2.45, 2.75) is 0 Å². The van der Waals surface area contributed by atoms with Gasteiger partial charge in [0.2, 0.25) is 0 Å². The van der Waals surface area contributed by atoms with E-state index in [1.807, 2.05) is 0 Å². The molecular formula is C7H8O5. The lowest BCUT2D eigenvalue weighted by atomic mass is 10.3. The van der Waals surface area contributed by atoms with Crippen molar-refractivity contribution in [1.82, 2.24) is 0 Å². The molecule has 5 heteroatoms. The lowest BCUT2D eigenvalue weighted by Crippen LogP contribution is -1.67. The van der Waals surface area contributed by atoms with Crippen molar-refractivity contribution in [3.05, 3.63) is 18.2 Å². The van der Waals surface area contributed by atoms with Crippen LogP contribution in [0.2, 0.25) is 0 Å². The zero-order valence-corrected chi connectivity index (χ0v) is 6.01. The van der Waals surface area contributed by atoms with Gasteiger partial charge in [-0.25, -0.2) is 0 Å². The van der Waals surface area contributed by atoms with Gasteiger partial charge in [-0.15, -0.1) is 0 Å². The van der Waals surface area contributed by atoms with Crippen LogP contribution in [0.25, 0.3) is 0 Å². The topological polar surface area (TPSA) is 98.0 Å². The number of benzene rings is 1. The van der Waals surface area contributed by atoms with Crippen LogP contribution in [0.4, 0.5) is 0 Å². The van der Waals surface area contributed by atoms with Crippen LogP contribution in [0.1, 0.15) is 0 Å². The number of rotatable bonds is 0. The summed E-state index contributed by atoms with van der Waals surface area (Å²) in [5.74, 6) is -1.09. The normalized spacial score (nSPS) is 8.00. The van der Waals surface area contributed by atoms with Crippen LogP contribution < -0.4 is 0 Å². The molecule has 0 bridgehead atoms. The van der Waals surface area contributed by atoms with Crippen LogP contribution in [0, 0.1) is 0 Å². The van der Waals surface area contributed by atoms with E-state index in [1.54, 1.807) is 0 Å². The molecule has 0 atom stereocenters. The van der Waals surface area contributed by atoms with Crippen molar-refractivity contribution in [3.8, 4) is 17.2 Å². The molecular weight excluding hydrogens is 164 g/mol. The van der Waals surface area contributed by atoms with Gasteiger partial charge in [-0.3, -0.25) is 4.79 Å². The molecule has 0 unspecified atom stereocenters. The lowest BCUT2D eigenvalue weighted by molar-refractivity contribution is -0.122. The van der Waals surface area contributed by atoms with E-state index in [9.17, 15) is 0 Å². The lowest BCUT2D eigenvalue weighted by Gasteiger charge is -1.96. The summed E-state index contributed by atoms with van der Waals surface area (Å²) < 4.78 is 0. The molecule has 0 radical (unpaired) electrons. The molecule has 0 aliphatic heterocycles. The van der Waals surface area contributed by atoms with E-state index in [4.69, 9.17) is 25.2 Å². The summed E-state index contributed by atoms with van der Waals surface area (Å²) in [6.45, 7) is -0.250. The number of aromatic hydroxyl groups is 3. The molecule has 0 heterocycles. The third-order valence-corrected chi connectivity index (χ3v) is 0.993. The van der Waals surface area contributed by atoms with E-state index >= 15 is 0 Å². The molecule has 0 fully saturated rings.